The molecule has 4 rings (SSSR count). The first-order valence-electron chi connectivity index (χ1n) is 8.88. The summed E-state index contributed by atoms with van der Waals surface area (Å²) in [6.45, 7) is 3.27. The van der Waals surface area contributed by atoms with Crippen LogP contribution in [-0.2, 0) is 13.5 Å². The Kier molecular flexibility index (Phi) is 4.47. The standard InChI is InChI=1S/C19H20FN5O2/c1-12-9-16(22-24(12)2)19(26)25-8-7-13(11-25)10-17-21-18(27-23-17)14-3-5-15(20)6-4-14/h3-6,9,13H,7-8,10-11H2,1-2H3. The van der Waals surface area contributed by atoms with Crippen LogP contribution >= 0.6 is 0 Å². The van der Waals surface area contributed by atoms with E-state index in [9.17, 15) is 9.18 Å². The van der Waals surface area contributed by atoms with Crippen molar-refractivity contribution in [2.24, 2.45) is 13.0 Å². The highest BCUT2D eigenvalue weighted by Crippen LogP contribution is 2.23. The Balaban J connectivity index is 1.38. The van der Waals surface area contributed by atoms with E-state index in [1.807, 2.05) is 24.9 Å². The Morgan fingerprint density at radius 1 is 1.33 bits per heavy atom. The molecule has 0 radical (unpaired) electrons. The number of carbonyl (C=O) groups excluding carboxylic acids is 1. The van der Waals surface area contributed by atoms with Crippen LogP contribution in [0.3, 0.4) is 0 Å². The summed E-state index contributed by atoms with van der Waals surface area (Å²) in [6, 6.07) is 7.75. The molecule has 8 heteroatoms. The molecule has 1 saturated heterocycles. The molecule has 1 aliphatic heterocycles. The summed E-state index contributed by atoms with van der Waals surface area (Å²) in [4.78, 5) is 18.8. The van der Waals surface area contributed by atoms with Gasteiger partial charge in [0.25, 0.3) is 11.8 Å². The minimum Gasteiger partial charge on any atom is -0.337 e. The van der Waals surface area contributed by atoms with Gasteiger partial charge < -0.3 is 9.42 Å². The van der Waals surface area contributed by atoms with Gasteiger partial charge in [-0.15, -0.1) is 0 Å². The van der Waals surface area contributed by atoms with Crippen LogP contribution in [0.15, 0.2) is 34.9 Å². The fourth-order valence-corrected chi connectivity index (χ4v) is 3.32. The molecule has 1 fully saturated rings. The van der Waals surface area contributed by atoms with E-state index in [-0.39, 0.29) is 17.6 Å². The molecular weight excluding hydrogens is 349 g/mol. The normalized spacial score (nSPS) is 16.9. The second kappa shape index (κ2) is 6.94. The summed E-state index contributed by atoms with van der Waals surface area (Å²) in [5.41, 5.74) is 2.12. The quantitative estimate of drug-likeness (QED) is 0.707. The van der Waals surface area contributed by atoms with Crippen LogP contribution in [0.25, 0.3) is 11.5 Å². The van der Waals surface area contributed by atoms with Gasteiger partial charge in [0.05, 0.1) is 0 Å². The molecule has 27 heavy (non-hydrogen) atoms. The fraction of sp³-hybridized carbons (Fsp3) is 0.368. The first-order chi connectivity index (χ1) is 13.0. The minimum absolute atomic E-state index is 0.0405. The molecule has 1 unspecified atom stereocenters. The Morgan fingerprint density at radius 2 is 2.11 bits per heavy atom. The highest BCUT2D eigenvalue weighted by Gasteiger charge is 2.29. The van der Waals surface area contributed by atoms with Crippen LogP contribution < -0.4 is 0 Å². The molecule has 3 heterocycles. The van der Waals surface area contributed by atoms with Crippen molar-refractivity contribution >= 4 is 5.91 Å². The summed E-state index contributed by atoms with van der Waals surface area (Å²) in [5.74, 6) is 0.901. The van der Waals surface area contributed by atoms with Crippen molar-refractivity contribution in [3.8, 4) is 11.5 Å². The second-order valence-corrected chi connectivity index (χ2v) is 6.93. The lowest BCUT2D eigenvalue weighted by Crippen LogP contribution is -2.29. The lowest BCUT2D eigenvalue weighted by molar-refractivity contribution is 0.0780. The van der Waals surface area contributed by atoms with Gasteiger partial charge in [-0.05, 0) is 49.6 Å². The maximum Gasteiger partial charge on any atom is 0.274 e. The fourth-order valence-electron chi connectivity index (χ4n) is 3.32. The maximum absolute atomic E-state index is 13.0. The number of aryl methyl sites for hydroxylation is 2. The Labute approximate surface area is 155 Å². The van der Waals surface area contributed by atoms with Gasteiger partial charge in [-0.25, -0.2) is 4.39 Å². The number of hydrogen-bond donors (Lipinski definition) is 0. The molecule has 0 spiro atoms. The average Bonchev–Trinajstić information content (AvgIpc) is 3.37. The van der Waals surface area contributed by atoms with E-state index in [2.05, 4.69) is 15.2 Å². The van der Waals surface area contributed by atoms with Gasteiger partial charge in [0, 0.05) is 37.8 Å². The molecule has 2 aromatic heterocycles. The Morgan fingerprint density at radius 3 is 2.81 bits per heavy atom. The van der Waals surface area contributed by atoms with Crippen LogP contribution in [0.1, 0.15) is 28.4 Å². The Hall–Kier alpha value is -3.03. The van der Waals surface area contributed by atoms with Crippen LogP contribution in [0.4, 0.5) is 4.39 Å². The van der Waals surface area contributed by atoms with Gasteiger partial charge >= 0.3 is 0 Å². The summed E-state index contributed by atoms with van der Waals surface area (Å²) in [6.07, 6.45) is 1.52. The highest BCUT2D eigenvalue weighted by atomic mass is 19.1. The number of hydrogen-bond acceptors (Lipinski definition) is 5. The lowest BCUT2D eigenvalue weighted by Gasteiger charge is -2.14. The molecule has 1 aromatic carbocycles. The van der Waals surface area contributed by atoms with Crippen LogP contribution in [0.5, 0.6) is 0 Å². The number of carbonyl (C=O) groups is 1. The molecule has 0 bridgehead atoms. The van der Waals surface area contributed by atoms with Crippen molar-refractivity contribution in [2.75, 3.05) is 13.1 Å². The van der Waals surface area contributed by atoms with E-state index in [4.69, 9.17) is 4.52 Å². The topological polar surface area (TPSA) is 77.1 Å². The van der Waals surface area contributed by atoms with Crippen molar-refractivity contribution in [3.63, 3.8) is 0 Å². The minimum atomic E-state index is -0.308. The molecule has 1 amide bonds. The van der Waals surface area contributed by atoms with Gasteiger partial charge in [0.15, 0.2) is 11.5 Å². The van der Waals surface area contributed by atoms with Crippen molar-refractivity contribution in [1.82, 2.24) is 24.8 Å². The summed E-state index contributed by atoms with van der Waals surface area (Å²) >= 11 is 0. The maximum atomic E-state index is 13.0. The number of aromatic nitrogens is 4. The van der Waals surface area contributed by atoms with Crippen molar-refractivity contribution in [2.45, 2.75) is 19.8 Å². The SMILES string of the molecule is Cc1cc(C(=O)N2CCC(Cc3noc(-c4ccc(F)cc4)n3)C2)nn1C. The van der Waals surface area contributed by atoms with Crippen LogP contribution in [0.2, 0.25) is 0 Å². The number of amides is 1. The number of likely N-dealkylation sites (tertiary alicyclic amines) is 1. The van der Waals surface area contributed by atoms with Crippen molar-refractivity contribution in [1.29, 1.82) is 0 Å². The largest absolute Gasteiger partial charge is 0.337 e. The molecule has 140 valence electrons. The number of nitrogens with zero attached hydrogens (tertiary/aromatic N) is 5. The smallest absolute Gasteiger partial charge is 0.274 e. The average molecular weight is 369 g/mol. The summed E-state index contributed by atoms with van der Waals surface area (Å²) in [5, 5.41) is 8.29. The van der Waals surface area contributed by atoms with E-state index >= 15 is 0 Å². The van der Waals surface area contributed by atoms with Crippen molar-refractivity contribution in [3.05, 3.63) is 53.4 Å². The first kappa shape index (κ1) is 17.4. The predicted molar refractivity (Wildman–Crippen MR) is 95.4 cm³/mol. The van der Waals surface area contributed by atoms with E-state index in [1.54, 1.807) is 16.8 Å². The van der Waals surface area contributed by atoms with Gasteiger partial charge in [-0.1, -0.05) is 5.16 Å². The van der Waals surface area contributed by atoms with E-state index in [1.165, 1.54) is 12.1 Å². The third-order valence-corrected chi connectivity index (χ3v) is 4.94. The zero-order valence-corrected chi connectivity index (χ0v) is 15.2. The van der Waals surface area contributed by atoms with E-state index < -0.39 is 0 Å². The van der Waals surface area contributed by atoms with Gasteiger partial charge in [-0.2, -0.15) is 10.1 Å². The van der Waals surface area contributed by atoms with Crippen molar-refractivity contribution < 1.29 is 13.7 Å². The summed E-state index contributed by atoms with van der Waals surface area (Å²) in [7, 11) is 1.83. The third-order valence-electron chi connectivity index (χ3n) is 4.94. The Bertz CT molecular complexity index is 943. The third kappa shape index (κ3) is 3.60. The highest BCUT2D eigenvalue weighted by molar-refractivity contribution is 5.92. The molecular formula is C19H20FN5O2. The van der Waals surface area contributed by atoms with Gasteiger partial charge in [-0.3, -0.25) is 9.48 Å². The first-order valence-corrected chi connectivity index (χ1v) is 8.88. The number of benzene rings is 1. The zero-order valence-electron chi connectivity index (χ0n) is 15.2. The molecule has 0 N–H and O–H groups in total. The predicted octanol–water partition coefficient (Wildman–Crippen LogP) is 2.62. The molecule has 1 aliphatic rings. The molecule has 1 atom stereocenters. The molecule has 7 nitrogen and oxygen atoms in total. The monoisotopic (exact) mass is 369 g/mol. The van der Waals surface area contributed by atoms with Gasteiger partial charge in [0.1, 0.15) is 5.82 Å². The molecule has 0 aliphatic carbocycles. The lowest BCUT2D eigenvalue weighted by atomic mass is 10.1. The summed E-state index contributed by atoms with van der Waals surface area (Å²) < 4.78 is 20.0. The van der Waals surface area contributed by atoms with Crippen LogP contribution in [-0.4, -0.2) is 43.8 Å². The number of rotatable bonds is 4. The molecule has 0 saturated carbocycles. The van der Waals surface area contributed by atoms with E-state index in [0.29, 0.717) is 42.5 Å². The van der Waals surface area contributed by atoms with Gasteiger partial charge in [0.2, 0.25) is 0 Å². The zero-order chi connectivity index (χ0) is 19.0. The second-order valence-electron chi connectivity index (χ2n) is 6.93. The van der Waals surface area contributed by atoms with E-state index in [0.717, 1.165) is 12.1 Å². The molecule has 3 aromatic rings. The van der Waals surface area contributed by atoms with Crippen LogP contribution in [0, 0.1) is 18.7 Å². The number of halogens is 1.